The maximum absolute atomic E-state index is 13.0. The van der Waals surface area contributed by atoms with Crippen LogP contribution >= 0.6 is 0 Å². The van der Waals surface area contributed by atoms with Crippen LogP contribution in [0.15, 0.2) is 84.0 Å². The van der Waals surface area contributed by atoms with Gasteiger partial charge in [0.1, 0.15) is 5.75 Å². The number of pyridine rings is 1. The van der Waals surface area contributed by atoms with E-state index in [1.807, 2.05) is 35.2 Å². The number of ether oxygens (including phenoxy) is 1. The molecule has 146 valence electrons. The van der Waals surface area contributed by atoms with Crippen LogP contribution in [0.3, 0.4) is 0 Å². The number of methoxy groups -OCH3 is 1. The average molecular weight is 387 g/mol. The third kappa shape index (κ3) is 3.78. The number of aromatic nitrogens is 2. The SMILES string of the molecule is COc1ccc(-n2cc(C(=O)NCCn3cccc3)c3ccccc3c2=O)cc1. The molecule has 0 saturated heterocycles. The van der Waals surface area contributed by atoms with Crippen molar-refractivity contribution in [3.63, 3.8) is 0 Å². The van der Waals surface area contributed by atoms with Gasteiger partial charge in [-0.1, -0.05) is 18.2 Å². The summed E-state index contributed by atoms with van der Waals surface area (Å²) in [6.07, 6.45) is 5.51. The van der Waals surface area contributed by atoms with Gasteiger partial charge in [-0.3, -0.25) is 14.2 Å². The quantitative estimate of drug-likeness (QED) is 0.552. The van der Waals surface area contributed by atoms with Gasteiger partial charge >= 0.3 is 0 Å². The van der Waals surface area contributed by atoms with Crippen LogP contribution in [-0.2, 0) is 6.54 Å². The van der Waals surface area contributed by atoms with Crippen LogP contribution in [0.4, 0.5) is 0 Å². The Bertz CT molecular complexity index is 1190. The lowest BCUT2D eigenvalue weighted by Gasteiger charge is -2.13. The molecule has 0 fully saturated rings. The first-order valence-corrected chi connectivity index (χ1v) is 9.35. The number of nitrogens with zero attached hydrogens (tertiary/aromatic N) is 2. The average Bonchev–Trinajstić information content (AvgIpc) is 3.28. The molecule has 6 heteroatoms. The second-order valence-electron chi connectivity index (χ2n) is 6.64. The van der Waals surface area contributed by atoms with E-state index in [9.17, 15) is 9.59 Å². The summed E-state index contributed by atoms with van der Waals surface area (Å²) in [6.45, 7) is 1.16. The topological polar surface area (TPSA) is 65.3 Å². The molecule has 2 heterocycles. The van der Waals surface area contributed by atoms with Gasteiger partial charge in [0.05, 0.1) is 12.7 Å². The van der Waals surface area contributed by atoms with Gasteiger partial charge in [0, 0.05) is 48.1 Å². The van der Waals surface area contributed by atoms with Crippen LogP contribution in [0, 0.1) is 0 Å². The lowest BCUT2D eigenvalue weighted by molar-refractivity contribution is 0.0953. The summed E-state index contributed by atoms with van der Waals surface area (Å²) in [6, 6.07) is 18.2. The first kappa shape index (κ1) is 18.6. The van der Waals surface area contributed by atoms with E-state index in [4.69, 9.17) is 4.74 Å². The Morgan fingerprint density at radius 1 is 0.966 bits per heavy atom. The number of rotatable bonds is 6. The first-order valence-electron chi connectivity index (χ1n) is 9.35. The second kappa shape index (κ2) is 8.06. The molecule has 4 rings (SSSR count). The van der Waals surface area contributed by atoms with Gasteiger partial charge in [0.15, 0.2) is 0 Å². The second-order valence-corrected chi connectivity index (χ2v) is 6.64. The molecule has 6 nitrogen and oxygen atoms in total. The molecule has 0 unspecified atom stereocenters. The summed E-state index contributed by atoms with van der Waals surface area (Å²) in [5, 5.41) is 4.09. The van der Waals surface area contributed by atoms with Gasteiger partial charge in [0.25, 0.3) is 11.5 Å². The number of hydrogen-bond acceptors (Lipinski definition) is 3. The Labute approximate surface area is 168 Å². The van der Waals surface area contributed by atoms with Gasteiger partial charge in [-0.15, -0.1) is 0 Å². The molecule has 0 aliphatic heterocycles. The van der Waals surface area contributed by atoms with E-state index < -0.39 is 0 Å². The standard InChI is InChI=1S/C23H21N3O3/c1-29-18-10-8-17(9-11-18)26-16-21(19-6-2-3-7-20(19)23(26)28)22(27)24-12-15-25-13-4-5-14-25/h2-11,13-14,16H,12,15H2,1H3,(H,24,27). The van der Waals surface area contributed by atoms with Crippen LogP contribution in [0.2, 0.25) is 0 Å². The third-order valence-corrected chi connectivity index (χ3v) is 4.84. The van der Waals surface area contributed by atoms with Crippen molar-refractivity contribution in [1.82, 2.24) is 14.5 Å². The number of carbonyl (C=O) groups excluding carboxylic acids is 1. The molecule has 0 bridgehead atoms. The number of carbonyl (C=O) groups is 1. The number of nitrogens with one attached hydrogen (secondary N) is 1. The van der Waals surface area contributed by atoms with Crippen molar-refractivity contribution in [1.29, 1.82) is 0 Å². The summed E-state index contributed by atoms with van der Waals surface area (Å²) in [7, 11) is 1.59. The highest BCUT2D eigenvalue weighted by Crippen LogP contribution is 2.19. The Kier molecular flexibility index (Phi) is 5.16. The summed E-state index contributed by atoms with van der Waals surface area (Å²) in [5.74, 6) is 0.487. The smallest absolute Gasteiger partial charge is 0.262 e. The fourth-order valence-corrected chi connectivity index (χ4v) is 3.32. The summed E-state index contributed by atoms with van der Waals surface area (Å²) in [4.78, 5) is 26.0. The predicted octanol–water partition coefficient (Wildman–Crippen LogP) is 3.23. The van der Waals surface area contributed by atoms with E-state index in [0.717, 1.165) is 0 Å². The van der Waals surface area contributed by atoms with Crippen LogP contribution in [-0.4, -0.2) is 28.7 Å². The normalized spacial score (nSPS) is 10.8. The monoisotopic (exact) mass is 387 g/mol. The first-order chi connectivity index (χ1) is 14.2. The predicted molar refractivity (Wildman–Crippen MR) is 113 cm³/mol. The Balaban J connectivity index is 1.71. The molecule has 1 amide bonds. The van der Waals surface area contributed by atoms with Gasteiger partial charge in [-0.25, -0.2) is 0 Å². The van der Waals surface area contributed by atoms with E-state index in [-0.39, 0.29) is 11.5 Å². The molecule has 2 aromatic carbocycles. The number of hydrogen-bond donors (Lipinski definition) is 1. The van der Waals surface area contributed by atoms with Crippen molar-refractivity contribution < 1.29 is 9.53 Å². The van der Waals surface area contributed by atoms with Crippen molar-refractivity contribution in [2.75, 3.05) is 13.7 Å². The van der Waals surface area contributed by atoms with Gasteiger partial charge < -0.3 is 14.6 Å². The van der Waals surface area contributed by atoms with Crippen molar-refractivity contribution in [2.24, 2.45) is 0 Å². The molecule has 0 radical (unpaired) electrons. The van der Waals surface area contributed by atoms with Crippen LogP contribution in [0.1, 0.15) is 10.4 Å². The van der Waals surface area contributed by atoms with Crippen LogP contribution in [0.25, 0.3) is 16.5 Å². The van der Waals surface area contributed by atoms with Crippen molar-refractivity contribution in [3.8, 4) is 11.4 Å². The van der Waals surface area contributed by atoms with Crippen LogP contribution < -0.4 is 15.6 Å². The Morgan fingerprint density at radius 3 is 2.34 bits per heavy atom. The molecular weight excluding hydrogens is 366 g/mol. The minimum atomic E-state index is -0.212. The van der Waals surface area contributed by atoms with E-state index in [0.29, 0.717) is 40.9 Å². The fourth-order valence-electron chi connectivity index (χ4n) is 3.32. The van der Waals surface area contributed by atoms with Crippen molar-refractivity contribution in [3.05, 3.63) is 95.2 Å². The molecule has 1 N–H and O–H groups in total. The zero-order valence-corrected chi connectivity index (χ0v) is 16.0. The summed E-state index contributed by atoms with van der Waals surface area (Å²) >= 11 is 0. The number of fused-ring (bicyclic) bond motifs is 1. The lowest BCUT2D eigenvalue weighted by Crippen LogP contribution is -2.29. The van der Waals surface area contributed by atoms with E-state index in [1.165, 1.54) is 4.57 Å². The zero-order chi connectivity index (χ0) is 20.2. The Morgan fingerprint density at radius 2 is 1.66 bits per heavy atom. The van der Waals surface area contributed by atoms with E-state index in [1.54, 1.807) is 55.8 Å². The summed E-state index contributed by atoms with van der Waals surface area (Å²) < 4.78 is 8.69. The Hall–Kier alpha value is -3.80. The molecule has 4 aromatic rings. The lowest BCUT2D eigenvalue weighted by atomic mass is 10.1. The van der Waals surface area contributed by atoms with E-state index >= 15 is 0 Å². The molecule has 0 saturated carbocycles. The number of benzene rings is 2. The molecule has 2 aromatic heterocycles. The largest absolute Gasteiger partial charge is 0.497 e. The zero-order valence-electron chi connectivity index (χ0n) is 16.0. The molecular formula is C23H21N3O3. The molecule has 29 heavy (non-hydrogen) atoms. The maximum Gasteiger partial charge on any atom is 0.262 e. The highest BCUT2D eigenvalue weighted by Gasteiger charge is 2.15. The maximum atomic E-state index is 13.0. The summed E-state index contributed by atoms with van der Waals surface area (Å²) in [5.41, 5.74) is 0.959. The van der Waals surface area contributed by atoms with Gasteiger partial charge in [-0.2, -0.15) is 0 Å². The highest BCUT2D eigenvalue weighted by atomic mass is 16.5. The van der Waals surface area contributed by atoms with Crippen molar-refractivity contribution in [2.45, 2.75) is 6.54 Å². The van der Waals surface area contributed by atoms with E-state index in [2.05, 4.69) is 5.32 Å². The highest BCUT2D eigenvalue weighted by molar-refractivity contribution is 6.06. The third-order valence-electron chi connectivity index (χ3n) is 4.84. The number of amides is 1. The molecule has 0 aliphatic carbocycles. The van der Waals surface area contributed by atoms with Crippen LogP contribution in [0.5, 0.6) is 5.75 Å². The minimum absolute atomic E-state index is 0.172. The molecule has 0 atom stereocenters. The minimum Gasteiger partial charge on any atom is -0.497 e. The van der Waals surface area contributed by atoms with Gasteiger partial charge in [0.2, 0.25) is 0 Å². The van der Waals surface area contributed by atoms with Crippen molar-refractivity contribution >= 4 is 16.7 Å². The molecule has 0 aliphatic rings. The van der Waals surface area contributed by atoms with Gasteiger partial charge in [-0.05, 0) is 42.5 Å². The fraction of sp³-hybridized carbons (Fsp3) is 0.130. The molecule has 0 spiro atoms.